The SMILES string of the molecule is CC(C)C(C#N)(CCC(=O)O)c1cccc(F)c1. The van der Waals surface area contributed by atoms with E-state index in [2.05, 4.69) is 6.07 Å². The van der Waals surface area contributed by atoms with Gasteiger partial charge < -0.3 is 5.11 Å². The molecule has 0 amide bonds. The van der Waals surface area contributed by atoms with Gasteiger partial charge in [0, 0.05) is 6.42 Å². The first-order valence-electron chi connectivity index (χ1n) is 5.81. The summed E-state index contributed by atoms with van der Waals surface area (Å²) in [5.41, 5.74) is -0.415. The predicted octanol–water partition coefficient (Wildman–Crippen LogP) is 3.11. The number of hydrogen-bond acceptors (Lipinski definition) is 2. The van der Waals surface area contributed by atoms with E-state index < -0.39 is 17.2 Å². The van der Waals surface area contributed by atoms with Crippen LogP contribution < -0.4 is 0 Å². The molecule has 0 heterocycles. The Kier molecular flexibility index (Phi) is 4.43. The van der Waals surface area contributed by atoms with Gasteiger partial charge in [-0.25, -0.2) is 4.39 Å². The lowest BCUT2D eigenvalue weighted by molar-refractivity contribution is -0.137. The van der Waals surface area contributed by atoms with Crippen LogP contribution in [-0.4, -0.2) is 11.1 Å². The van der Waals surface area contributed by atoms with Crippen molar-refractivity contribution in [2.75, 3.05) is 0 Å². The monoisotopic (exact) mass is 249 g/mol. The molecule has 18 heavy (non-hydrogen) atoms. The molecule has 1 rings (SSSR count). The molecule has 1 aromatic rings. The quantitative estimate of drug-likeness (QED) is 0.872. The summed E-state index contributed by atoms with van der Waals surface area (Å²) in [5.74, 6) is -1.46. The van der Waals surface area contributed by atoms with Crippen LogP contribution in [0.5, 0.6) is 0 Å². The van der Waals surface area contributed by atoms with Crippen molar-refractivity contribution in [2.45, 2.75) is 32.1 Å². The first kappa shape index (κ1) is 14.2. The van der Waals surface area contributed by atoms with E-state index in [9.17, 15) is 14.4 Å². The van der Waals surface area contributed by atoms with Crippen LogP contribution in [0.4, 0.5) is 4.39 Å². The van der Waals surface area contributed by atoms with Gasteiger partial charge in [-0.2, -0.15) is 5.26 Å². The number of hydrogen-bond donors (Lipinski definition) is 1. The number of halogens is 1. The molecule has 0 bridgehead atoms. The molecule has 0 saturated heterocycles. The largest absolute Gasteiger partial charge is 0.481 e. The zero-order chi connectivity index (χ0) is 13.8. The van der Waals surface area contributed by atoms with Crippen molar-refractivity contribution in [3.8, 4) is 6.07 Å². The van der Waals surface area contributed by atoms with E-state index in [4.69, 9.17) is 5.11 Å². The second kappa shape index (κ2) is 5.63. The Morgan fingerprint density at radius 2 is 2.22 bits per heavy atom. The fourth-order valence-corrected chi connectivity index (χ4v) is 2.09. The van der Waals surface area contributed by atoms with Crippen LogP contribution >= 0.6 is 0 Å². The fraction of sp³-hybridized carbons (Fsp3) is 0.429. The molecule has 4 heteroatoms. The lowest BCUT2D eigenvalue weighted by Crippen LogP contribution is -2.31. The number of carboxylic acids is 1. The third kappa shape index (κ3) is 2.86. The van der Waals surface area contributed by atoms with E-state index in [1.54, 1.807) is 12.1 Å². The number of carboxylic acid groups (broad SMARTS) is 1. The van der Waals surface area contributed by atoms with Gasteiger partial charge in [-0.1, -0.05) is 26.0 Å². The predicted molar refractivity (Wildman–Crippen MR) is 65.4 cm³/mol. The van der Waals surface area contributed by atoms with Gasteiger partial charge in [0.25, 0.3) is 0 Å². The second-order valence-corrected chi connectivity index (χ2v) is 4.64. The zero-order valence-corrected chi connectivity index (χ0v) is 10.5. The summed E-state index contributed by atoms with van der Waals surface area (Å²) in [6, 6.07) is 8.02. The topological polar surface area (TPSA) is 61.1 Å². The van der Waals surface area contributed by atoms with Crippen LogP contribution in [0.2, 0.25) is 0 Å². The number of aliphatic carboxylic acids is 1. The Balaban J connectivity index is 3.19. The second-order valence-electron chi connectivity index (χ2n) is 4.64. The first-order valence-corrected chi connectivity index (χ1v) is 5.81. The van der Waals surface area contributed by atoms with Gasteiger partial charge in [0.05, 0.1) is 11.5 Å². The highest BCUT2D eigenvalue weighted by molar-refractivity contribution is 5.67. The lowest BCUT2D eigenvalue weighted by atomic mass is 9.70. The van der Waals surface area contributed by atoms with Gasteiger partial charge in [-0.15, -0.1) is 0 Å². The molecule has 0 saturated carbocycles. The molecule has 0 aliphatic rings. The summed E-state index contributed by atoms with van der Waals surface area (Å²) in [7, 11) is 0. The molecule has 1 N–H and O–H groups in total. The summed E-state index contributed by atoms with van der Waals surface area (Å²) in [6.45, 7) is 3.69. The number of nitriles is 1. The van der Waals surface area contributed by atoms with Crippen molar-refractivity contribution < 1.29 is 14.3 Å². The average Bonchev–Trinajstić information content (AvgIpc) is 2.29. The Labute approximate surface area is 106 Å². The first-order chi connectivity index (χ1) is 8.42. The summed E-state index contributed by atoms with van der Waals surface area (Å²) >= 11 is 0. The molecule has 0 aliphatic heterocycles. The minimum atomic E-state index is -0.958. The molecule has 1 aromatic carbocycles. The molecule has 0 radical (unpaired) electrons. The summed E-state index contributed by atoms with van der Waals surface area (Å²) in [6.07, 6.45) is 0.0716. The van der Waals surface area contributed by atoms with E-state index in [1.807, 2.05) is 13.8 Å². The molecular weight excluding hydrogens is 233 g/mol. The summed E-state index contributed by atoms with van der Waals surface area (Å²) in [5, 5.41) is 18.2. The maximum absolute atomic E-state index is 13.3. The third-order valence-corrected chi connectivity index (χ3v) is 3.26. The maximum atomic E-state index is 13.3. The summed E-state index contributed by atoms with van der Waals surface area (Å²) < 4.78 is 13.3. The highest BCUT2D eigenvalue weighted by Crippen LogP contribution is 2.36. The number of rotatable bonds is 5. The highest BCUT2D eigenvalue weighted by Gasteiger charge is 2.36. The van der Waals surface area contributed by atoms with Crippen LogP contribution in [0.15, 0.2) is 24.3 Å². The maximum Gasteiger partial charge on any atom is 0.303 e. The van der Waals surface area contributed by atoms with E-state index in [0.717, 1.165) is 0 Å². The van der Waals surface area contributed by atoms with Crippen LogP contribution in [0.3, 0.4) is 0 Å². The van der Waals surface area contributed by atoms with Crippen molar-refractivity contribution in [1.82, 2.24) is 0 Å². The van der Waals surface area contributed by atoms with Crippen LogP contribution in [0.1, 0.15) is 32.3 Å². The van der Waals surface area contributed by atoms with Gasteiger partial charge in [0.15, 0.2) is 0 Å². The van der Waals surface area contributed by atoms with Gasteiger partial charge in [0.2, 0.25) is 0 Å². The van der Waals surface area contributed by atoms with E-state index in [0.29, 0.717) is 5.56 Å². The Bertz CT molecular complexity index is 479. The minimum absolute atomic E-state index is 0.0938. The molecule has 0 fully saturated rings. The minimum Gasteiger partial charge on any atom is -0.481 e. The smallest absolute Gasteiger partial charge is 0.303 e. The molecule has 1 unspecified atom stereocenters. The van der Waals surface area contributed by atoms with Crippen LogP contribution in [0, 0.1) is 23.1 Å². The standard InChI is InChI=1S/C14H16FNO2/c1-10(2)14(9-16,7-6-13(17)18)11-4-3-5-12(15)8-11/h3-5,8,10H,6-7H2,1-2H3,(H,17,18). The van der Waals surface area contributed by atoms with Crippen molar-refractivity contribution in [3.05, 3.63) is 35.6 Å². The van der Waals surface area contributed by atoms with Crippen molar-refractivity contribution in [3.63, 3.8) is 0 Å². The highest BCUT2D eigenvalue weighted by atomic mass is 19.1. The average molecular weight is 249 g/mol. The van der Waals surface area contributed by atoms with Crippen molar-refractivity contribution in [1.29, 1.82) is 5.26 Å². The van der Waals surface area contributed by atoms with E-state index in [1.165, 1.54) is 12.1 Å². The normalized spacial score (nSPS) is 13.9. The van der Waals surface area contributed by atoms with E-state index in [-0.39, 0.29) is 18.8 Å². The number of benzene rings is 1. The van der Waals surface area contributed by atoms with Gasteiger partial charge in [-0.05, 0) is 30.0 Å². The van der Waals surface area contributed by atoms with Crippen LogP contribution in [0.25, 0.3) is 0 Å². The summed E-state index contributed by atoms with van der Waals surface area (Å²) in [4.78, 5) is 10.7. The lowest BCUT2D eigenvalue weighted by Gasteiger charge is -2.30. The number of carbonyl (C=O) groups is 1. The molecule has 1 atom stereocenters. The van der Waals surface area contributed by atoms with Crippen molar-refractivity contribution in [2.24, 2.45) is 5.92 Å². The van der Waals surface area contributed by atoms with Crippen LogP contribution in [-0.2, 0) is 10.2 Å². The molecule has 0 spiro atoms. The molecular formula is C14H16FNO2. The van der Waals surface area contributed by atoms with Crippen molar-refractivity contribution >= 4 is 5.97 Å². The Morgan fingerprint density at radius 1 is 1.56 bits per heavy atom. The van der Waals surface area contributed by atoms with E-state index >= 15 is 0 Å². The third-order valence-electron chi connectivity index (χ3n) is 3.26. The zero-order valence-electron chi connectivity index (χ0n) is 10.5. The van der Waals surface area contributed by atoms with Gasteiger partial charge in [0.1, 0.15) is 5.82 Å². The number of nitrogens with zero attached hydrogens (tertiary/aromatic N) is 1. The molecule has 96 valence electrons. The Morgan fingerprint density at radius 3 is 2.67 bits per heavy atom. The fourth-order valence-electron chi connectivity index (χ4n) is 2.09. The molecule has 3 nitrogen and oxygen atoms in total. The van der Waals surface area contributed by atoms with Gasteiger partial charge in [-0.3, -0.25) is 4.79 Å². The Hall–Kier alpha value is -1.89. The van der Waals surface area contributed by atoms with Gasteiger partial charge >= 0.3 is 5.97 Å². The molecule has 0 aromatic heterocycles. The molecule has 0 aliphatic carbocycles.